The van der Waals surface area contributed by atoms with Gasteiger partial charge in [0, 0.05) is 33.4 Å². The number of hydrogen-bond donors (Lipinski definition) is 0. The summed E-state index contributed by atoms with van der Waals surface area (Å²) in [6.07, 6.45) is 1.59. The zero-order valence-electron chi connectivity index (χ0n) is 19.1. The Bertz CT molecular complexity index is 415. The summed E-state index contributed by atoms with van der Waals surface area (Å²) in [5.74, 6) is 0. The summed E-state index contributed by atoms with van der Waals surface area (Å²) in [6.45, 7) is 16.4. The summed E-state index contributed by atoms with van der Waals surface area (Å²) in [6, 6.07) is 3.62. The van der Waals surface area contributed by atoms with E-state index >= 15 is 0 Å². The van der Waals surface area contributed by atoms with Gasteiger partial charge in [-0.3, -0.25) is 0 Å². The van der Waals surface area contributed by atoms with Crippen molar-refractivity contribution in [1.29, 1.82) is 0 Å². The van der Waals surface area contributed by atoms with E-state index in [1.807, 2.05) is 4.57 Å². The van der Waals surface area contributed by atoms with Gasteiger partial charge in [0.05, 0.1) is 0 Å². The van der Waals surface area contributed by atoms with Crippen molar-refractivity contribution in [2.75, 3.05) is 27.4 Å². The average Bonchev–Trinajstić information content (AvgIpc) is 2.65. The fourth-order valence-electron chi connectivity index (χ4n) is 3.10. The quantitative estimate of drug-likeness (QED) is 0.344. The molecule has 0 N–H and O–H groups in total. The molecule has 0 aliphatic carbocycles. The van der Waals surface area contributed by atoms with Crippen molar-refractivity contribution < 1.29 is 22.5 Å². The molecule has 0 aliphatic rings. The molecular formula is C18H43NO5Si3. The van der Waals surface area contributed by atoms with Crippen molar-refractivity contribution in [3.63, 3.8) is 0 Å². The van der Waals surface area contributed by atoms with Crippen LogP contribution in [0.2, 0.25) is 43.8 Å². The summed E-state index contributed by atoms with van der Waals surface area (Å²) in [4.78, 5) is 13.0. The molecule has 27 heavy (non-hydrogen) atoms. The molecule has 1 amide bonds. The van der Waals surface area contributed by atoms with Gasteiger partial charge in [-0.25, -0.2) is 4.79 Å². The normalized spacial score (nSPS) is 12.9. The molecule has 0 saturated carbocycles. The molecule has 0 aliphatic heterocycles. The second-order valence-corrected chi connectivity index (χ2v) is 20.5. The van der Waals surface area contributed by atoms with Crippen LogP contribution in [0.1, 0.15) is 40.5 Å². The van der Waals surface area contributed by atoms with Crippen molar-refractivity contribution in [1.82, 2.24) is 4.57 Å². The highest BCUT2D eigenvalue weighted by Crippen LogP contribution is 2.25. The standard InChI is InChI=1S/C18H43NO5Si3/c1-10-16-23-27(21-5,22-6)17-14-15-19(25(7,8)9)18(20)24-26(11-2,12-3)13-4/h10-17H2,1-9H3. The number of carbonyl (C=O) groups excluding carboxylic acids is 1. The molecule has 0 rings (SSSR count). The van der Waals surface area contributed by atoms with Crippen LogP contribution in [0.5, 0.6) is 0 Å². The summed E-state index contributed by atoms with van der Waals surface area (Å²) in [5, 5.41) is 0. The maximum absolute atomic E-state index is 13.0. The van der Waals surface area contributed by atoms with E-state index in [2.05, 4.69) is 47.3 Å². The van der Waals surface area contributed by atoms with E-state index in [9.17, 15) is 4.79 Å². The van der Waals surface area contributed by atoms with Crippen LogP contribution in [-0.2, 0) is 17.7 Å². The molecule has 0 aromatic rings. The molecule has 9 heteroatoms. The number of hydrogen-bond acceptors (Lipinski definition) is 5. The van der Waals surface area contributed by atoms with Crippen LogP contribution in [0.25, 0.3) is 0 Å². The largest absolute Gasteiger partial charge is 0.504 e. The summed E-state index contributed by atoms with van der Waals surface area (Å²) < 4.78 is 25.3. The van der Waals surface area contributed by atoms with E-state index in [0.717, 1.165) is 31.0 Å². The smallest absolute Gasteiger partial charge is 0.500 e. The van der Waals surface area contributed by atoms with E-state index in [0.29, 0.717) is 19.2 Å². The molecule has 162 valence electrons. The highest BCUT2D eigenvalue weighted by atomic mass is 28.4. The van der Waals surface area contributed by atoms with Crippen molar-refractivity contribution in [3.05, 3.63) is 0 Å². The maximum Gasteiger partial charge on any atom is 0.500 e. The van der Waals surface area contributed by atoms with Gasteiger partial charge in [-0.05, 0) is 31.0 Å². The third-order valence-corrected chi connectivity index (χ3v) is 14.6. The van der Waals surface area contributed by atoms with Crippen LogP contribution in [0.4, 0.5) is 4.79 Å². The third kappa shape index (κ3) is 8.36. The Hall–Kier alpha value is -0.199. The molecule has 0 aromatic carbocycles. The first kappa shape index (κ1) is 26.8. The SMILES string of the molecule is CCCO[Si](CCCN(C(=O)O[Si](CC)(CC)CC)[Si](C)(C)C)(OC)OC. The lowest BCUT2D eigenvalue weighted by atomic mass is 10.5. The molecule has 0 saturated heterocycles. The van der Waals surface area contributed by atoms with Gasteiger partial charge in [0.1, 0.15) is 0 Å². The maximum atomic E-state index is 13.0. The minimum atomic E-state index is -2.65. The Morgan fingerprint density at radius 1 is 0.926 bits per heavy atom. The van der Waals surface area contributed by atoms with Gasteiger partial charge in [-0.15, -0.1) is 0 Å². The first-order chi connectivity index (χ1) is 12.6. The second kappa shape index (κ2) is 12.4. The molecule has 0 bridgehead atoms. The monoisotopic (exact) mass is 437 g/mol. The minimum Gasteiger partial charge on any atom is -0.504 e. The average molecular weight is 438 g/mol. The topological polar surface area (TPSA) is 57.2 Å². The van der Waals surface area contributed by atoms with Gasteiger partial charge < -0.3 is 22.3 Å². The van der Waals surface area contributed by atoms with E-state index in [-0.39, 0.29) is 6.09 Å². The van der Waals surface area contributed by atoms with Gasteiger partial charge in [-0.2, -0.15) is 0 Å². The fraction of sp³-hybridized carbons (Fsp3) is 0.944. The second-order valence-electron chi connectivity index (χ2n) is 7.98. The van der Waals surface area contributed by atoms with Gasteiger partial charge in [0.2, 0.25) is 0 Å². The summed E-state index contributed by atoms with van der Waals surface area (Å²) in [5.41, 5.74) is 0. The van der Waals surface area contributed by atoms with Gasteiger partial charge in [0.25, 0.3) is 8.32 Å². The Labute approximate surface area is 170 Å². The third-order valence-electron chi connectivity index (χ3n) is 5.28. The molecular weight excluding hydrogens is 394 g/mol. The zero-order valence-corrected chi connectivity index (χ0v) is 22.1. The predicted molar refractivity (Wildman–Crippen MR) is 119 cm³/mol. The van der Waals surface area contributed by atoms with Crippen LogP contribution >= 0.6 is 0 Å². The Kier molecular flexibility index (Phi) is 12.3. The highest BCUT2D eigenvalue weighted by Gasteiger charge is 2.41. The van der Waals surface area contributed by atoms with Crippen LogP contribution in [0, 0.1) is 0 Å². The van der Waals surface area contributed by atoms with Crippen molar-refractivity contribution in [2.45, 2.75) is 84.4 Å². The van der Waals surface area contributed by atoms with Crippen LogP contribution in [0.3, 0.4) is 0 Å². The predicted octanol–water partition coefficient (Wildman–Crippen LogP) is 5.31. The number of rotatable bonds is 14. The molecule has 0 spiro atoms. The summed E-state index contributed by atoms with van der Waals surface area (Å²) >= 11 is 0. The first-order valence-corrected chi connectivity index (χ1v) is 18.2. The Morgan fingerprint density at radius 2 is 1.44 bits per heavy atom. The van der Waals surface area contributed by atoms with Gasteiger partial charge in [0.15, 0.2) is 8.24 Å². The van der Waals surface area contributed by atoms with Crippen molar-refractivity contribution in [2.24, 2.45) is 0 Å². The van der Waals surface area contributed by atoms with Crippen molar-refractivity contribution in [3.8, 4) is 0 Å². The van der Waals surface area contributed by atoms with Crippen molar-refractivity contribution >= 4 is 31.5 Å². The fourth-order valence-corrected chi connectivity index (χ4v) is 9.08. The summed E-state index contributed by atoms with van der Waals surface area (Å²) in [7, 11) is -3.16. The van der Waals surface area contributed by atoms with E-state index in [1.54, 1.807) is 14.2 Å². The number of carbonyl (C=O) groups is 1. The molecule has 0 fully saturated rings. The lowest BCUT2D eigenvalue weighted by Gasteiger charge is -2.38. The minimum absolute atomic E-state index is 0.122. The van der Waals surface area contributed by atoms with E-state index in [4.69, 9.17) is 17.7 Å². The number of amides is 1. The molecule has 0 unspecified atom stereocenters. The molecule has 0 aromatic heterocycles. The zero-order chi connectivity index (χ0) is 21.1. The van der Waals surface area contributed by atoms with Crippen LogP contribution in [-0.4, -0.2) is 63.4 Å². The van der Waals surface area contributed by atoms with E-state index in [1.165, 1.54) is 0 Å². The molecule has 0 radical (unpaired) electrons. The van der Waals surface area contributed by atoms with Crippen LogP contribution < -0.4 is 0 Å². The van der Waals surface area contributed by atoms with Gasteiger partial charge in [-0.1, -0.05) is 47.3 Å². The lowest BCUT2D eigenvalue weighted by molar-refractivity contribution is 0.0970. The molecule has 0 atom stereocenters. The van der Waals surface area contributed by atoms with Crippen LogP contribution in [0.15, 0.2) is 0 Å². The molecule has 0 heterocycles. The molecule has 6 nitrogen and oxygen atoms in total. The Morgan fingerprint density at radius 3 is 1.81 bits per heavy atom. The highest BCUT2D eigenvalue weighted by molar-refractivity contribution is 6.77. The Balaban J connectivity index is 5.10. The van der Waals surface area contributed by atoms with Gasteiger partial charge >= 0.3 is 14.9 Å². The number of nitrogens with zero attached hydrogens (tertiary/aromatic N) is 1. The van der Waals surface area contributed by atoms with E-state index < -0.39 is 25.4 Å². The first-order valence-electron chi connectivity index (χ1n) is 10.3. The lowest BCUT2D eigenvalue weighted by Crippen LogP contribution is -2.54.